The molecule has 3 aromatic carbocycles. The number of carbonyl (C=O) groups excluding carboxylic acids is 2. The van der Waals surface area contributed by atoms with Gasteiger partial charge in [0, 0.05) is 18.8 Å². The molecule has 0 saturated carbocycles. The van der Waals surface area contributed by atoms with Gasteiger partial charge in [-0.25, -0.2) is 4.79 Å². The molecule has 2 amide bonds. The van der Waals surface area contributed by atoms with E-state index in [9.17, 15) is 9.59 Å². The van der Waals surface area contributed by atoms with Crippen LogP contribution in [0.1, 0.15) is 39.7 Å². The molecule has 0 N–H and O–H groups in total. The van der Waals surface area contributed by atoms with E-state index in [1.54, 1.807) is 16.7 Å². The maximum Gasteiger partial charge on any atom is 0.325 e. The Morgan fingerprint density at radius 2 is 1.45 bits per heavy atom. The second-order valence-electron chi connectivity index (χ2n) is 10.6. The van der Waals surface area contributed by atoms with Crippen molar-refractivity contribution >= 4 is 36.4 Å². The molecule has 3 aromatic rings. The maximum absolute atomic E-state index is 13.1. The first-order valence-electron chi connectivity index (χ1n) is 13.3. The molecular weight excluding hydrogens is 492 g/mol. The van der Waals surface area contributed by atoms with Gasteiger partial charge >= 0.3 is 12.0 Å². The van der Waals surface area contributed by atoms with Crippen molar-refractivity contribution in [2.45, 2.75) is 45.8 Å². The Bertz CT molecular complexity index is 1170. The molecule has 1 aliphatic heterocycles. The van der Waals surface area contributed by atoms with Gasteiger partial charge in [-0.2, -0.15) is 0 Å². The Morgan fingerprint density at radius 1 is 0.868 bits per heavy atom. The highest BCUT2D eigenvalue weighted by Gasteiger charge is 2.50. The summed E-state index contributed by atoms with van der Waals surface area (Å²) in [5.74, 6) is -0.376. The number of amides is 2. The largest absolute Gasteiger partial charge is 0.465 e. The summed E-state index contributed by atoms with van der Waals surface area (Å²) in [5, 5.41) is 2.39. The summed E-state index contributed by atoms with van der Waals surface area (Å²) in [6.07, 6.45) is 0.795. The fraction of sp³-hybridized carbons (Fsp3) is 0.355. The van der Waals surface area contributed by atoms with Crippen LogP contribution in [-0.4, -0.2) is 51.5 Å². The second kappa shape index (κ2) is 12.0. The lowest BCUT2D eigenvalue weighted by Crippen LogP contribution is -2.66. The number of carbonyl (C=O) groups is 2. The zero-order valence-electron chi connectivity index (χ0n) is 22.9. The highest BCUT2D eigenvalue weighted by atomic mass is 28.4. The lowest BCUT2D eigenvalue weighted by Gasteiger charge is -2.43. The molecule has 0 aromatic heterocycles. The molecule has 1 fully saturated rings. The number of nitrogens with zero attached hydrogens (tertiary/aromatic N) is 2. The molecule has 200 valence electrons. The number of anilines is 1. The van der Waals surface area contributed by atoms with Crippen LogP contribution in [0.4, 0.5) is 10.5 Å². The van der Waals surface area contributed by atoms with Gasteiger partial charge in [0.2, 0.25) is 0 Å². The smallest absolute Gasteiger partial charge is 0.325 e. The first-order chi connectivity index (χ1) is 18.3. The summed E-state index contributed by atoms with van der Waals surface area (Å²) in [5.41, 5.74) is 1.87. The van der Waals surface area contributed by atoms with Crippen molar-refractivity contribution in [3.8, 4) is 0 Å². The molecule has 0 spiro atoms. The summed E-state index contributed by atoms with van der Waals surface area (Å²) >= 11 is 0. The van der Waals surface area contributed by atoms with Crippen LogP contribution in [0, 0.1) is 0 Å². The van der Waals surface area contributed by atoms with E-state index < -0.39 is 8.32 Å². The Morgan fingerprint density at radius 3 is 1.97 bits per heavy atom. The third-order valence-electron chi connectivity index (χ3n) is 7.06. The summed E-state index contributed by atoms with van der Waals surface area (Å²) < 4.78 is 12.1. The minimum Gasteiger partial charge on any atom is -0.465 e. The minimum absolute atomic E-state index is 0.0203. The average molecular weight is 531 g/mol. The number of rotatable bonds is 9. The summed E-state index contributed by atoms with van der Waals surface area (Å²) in [7, 11) is -2.64. The molecule has 38 heavy (non-hydrogen) atoms. The van der Waals surface area contributed by atoms with Crippen molar-refractivity contribution in [3.05, 3.63) is 90.5 Å². The van der Waals surface area contributed by atoms with Gasteiger partial charge in [-0.05, 0) is 46.5 Å². The molecule has 1 saturated heterocycles. The van der Waals surface area contributed by atoms with Crippen LogP contribution in [0.3, 0.4) is 0 Å². The predicted molar refractivity (Wildman–Crippen MR) is 154 cm³/mol. The van der Waals surface area contributed by atoms with Crippen molar-refractivity contribution < 1.29 is 18.8 Å². The normalized spacial score (nSPS) is 14.5. The van der Waals surface area contributed by atoms with E-state index in [1.165, 1.54) is 10.4 Å². The maximum atomic E-state index is 13.1. The molecule has 7 heteroatoms. The average Bonchev–Trinajstić information content (AvgIpc) is 2.91. The first kappa shape index (κ1) is 27.6. The topological polar surface area (TPSA) is 59.1 Å². The summed E-state index contributed by atoms with van der Waals surface area (Å²) in [6.45, 7) is 10.5. The van der Waals surface area contributed by atoms with Gasteiger partial charge in [-0.1, -0.05) is 93.6 Å². The van der Waals surface area contributed by atoms with Crippen LogP contribution in [0.2, 0.25) is 5.04 Å². The highest BCUT2D eigenvalue weighted by molar-refractivity contribution is 6.99. The lowest BCUT2D eigenvalue weighted by molar-refractivity contribution is -0.143. The van der Waals surface area contributed by atoms with Crippen molar-refractivity contribution in [2.24, 2.45) is 0 Å². The summed E-state index contributed by atoms with van der Waals surface area (Å²) in [4.78, 5) is 28.3. The van der Waals surface area contributed by atoms with Crippen molar-refractivity contribution in [3.63, 3.8) is 0 Å². The molecule has 0 atom stereocenters. The number of ether oxygens (including phenoxy) is 1. The van der Waals surface area contributed by atoms with Gasteiger partial charge in [0.15, 0.2) is 0 Å². The van der Waals surface area contributed by atoms with E-state index in [0.717, 1.165) is 17.7 Å². The van der Waals surface area contributed by atoms with Crippen LogP contribution < -0.4 is 15.3 Å². The number of urea groups is 1. The van der Waals surface area contributed by atoms with Crippen molar-refractivity contribution in [2.75, 3.05) is 31.1 Å². The van der Waals surface area contributed by atoms with E-state index >= 15 is 0 Å². The molecule has 0 aliphatic carbocycles. The van der Waals surface area contributed by atoms with Crippen LogP contribution in [0.25, 0.3) is 0 Å². The van der Waals surface area contributed by atoms with Gasteiger partial charge in [-0.15, -0.1) is 0 Å². The Hall–Kier alpha value is -3.42. The van der Waals surface area contributed by atoms with E-state index in [4.69, 9.17) is 9.16 Å². The molecular formula is C31H38N2O4Si. The van der Waals surface area contributed by atoms with Gasteiger partial charge in [0.05, 0.1) is 13.2 Å². The minimum atomic E-state index is -2.64. The monoisotopic (exact) mass is 530 g/mol. The number of esters is 1. The number of benzene rings is 3. The van der Waals surface area contributed by atoms with Gasteiger partial charge < -0.3 is 14.1 Å². The molecule has 0 bridgehead atoms. The zero-order chi connectivity index (χ0) is 27.2. The summed E-state index contributed by atoms with van der Waals surface area (Å²) in [6, 6.07) is 29.0. The molecule has 0 radical (unpaired) electrons. The number of hydrogen-bond donors (Lipinski definition) is 0. The Balaban J connectivity index is 1.55. The van der Waals surface area contributed by atoms with E-state index in [-0.39, 0.29) is 23.6 Å². The second-order valence-corrected chi connectivity index (χ2v) is 14.9. The number of hydrogen-bond acceptors (Lipinski definition) is 4. The van der Waals surface area contributed by atoms with Crippen LogP contribution >= 0.6 is 0 Å². The van der Waals surface area contributed by atoms with Crippen molar-refractivity contribution in [1.29, 1.82) is 0 Å². The Labute approximate surface area is 227 Å². The zero-order valence-corrected chi connectivity index (χ0v) is 23.9. The van der Waals surface area contributed by atoms with Crippen LogP contribution in [0.15, 0.2) is 84.9 Å². The fourth-order valence-electron chi connectivity index (χ4n) is 5.26. The van der Waals surface area contributed by atoms with E-state index in [0.29, 0.717) is 26.3 Å². The van der Waals surface area contributed by atoms with Gasteiger partial charge in [0.25, 0.3) is 8.32 Å². The Kier molecular flexibility index (Phi) is 8.69. The van der Waals surface area contributed by atoms with Crippen LogP contribution in [0.5, 0.6) is 0 Å². The highest BCUT2D eigenvalue weighted by Crippen LogP contribution is 2.37. The quantitative estimate of drug-likeness (QED) is 0.290. The van der Waals surface area contributed by atoms with Gasteiger partial charge in [0.1, 0.15) is 6.54 Å². The fourth-order valence-corrected chi connectivity index (χ4v) is 9.79. The first-order valence-corrected chi connectivity index (χ1v) is 15.2. The van der Waals surface area contributed by atoms with Gasteiger partial charge in [-0.3, -0.25) is 9.69 Å². The lowest BCUT2D eigenvalue weighted by atomic mass is 10.2. The van der Waals surface area contributed by atoms with E-state index in [2.05, 4.69) is 69.3 Å². The van der Waals surface area contributed by atoms with Crippen LogP contribution in [-0.2, 0) is 20.6 Å². The van der Waals surface area contributed by atoms with E-state index in [1.807, 2.05) is 36.4 Å². The SMILES string of the molecule is CCOC(=O)CN1CCCN(c2ccc(CO[Si](c3ccccc3)(c3ccccc3)C(C)(C)C)cc2)C1=O. The third kappa shape index (κ3) is 5.84. The third-order valence-corrected chi connectivity index (χ3v) is 12.0. The van der Waals surface area contributed by atoms with Crippen molar-refractivity contribution in [1.82, 2.24) is 4.90 Å². The molecule has 6 nitrogen and oxygen atoms in total. The molecule has 4 rings (SSSR count). The molecule has 1 heterocycles. The predicted octanol–water partition coefficient (Wildman–Crippen LogP) is 4.96. The molecule has 0 unspecified atom stereocenters. The molecule has 1 aliphatic rings. The standard InChI is InChI=1S/C31H38N2O4Si/c1-5-36-29(34)23-32-21-12-22-33(30(32)35)26-19-17-25(18-20-26)24-37-38(31(2,3)4,27-13-8-6-9-14-27)28-15-10-7-11-16-28/h6-11,13-20H,5,12,21-24H2,1-4H3.